The van der Waals surface area contributed by atoms with Gasteiger partial charge in [0, 0.05) is 15.8 Å². The molecule has 1 aromatic rings. The molecule has 0 aliphatic carbocycles. The summed E-state index contributed by atoms with van der Waals surface area (Å²) < 4.78 is 0. The lowest BCUT2D eigenvalue weighted by atomic mass is 9.86. The zero-order chi connectivity index (χ0) is 12.6. The summed E-state index contributed by atoms with van der Waals surface area (Å²) in [5.74, 6) is 0.460. The minimum atomic E-state index is -0.818. The lowest BCUT2D eigenvalue weighted by Crippen LogP contribution is -2.36. The highest BCUT2D eigenvalue weighted by Crippen LogP contribution is 2.36. The maximum Gasteiger partial charge on any atom is 0.336 e. The lowest BCUT2D eigenvalue weighted by molar-refractivity contribution is 0.0696. The van der Waals surface area contributed by atoms with Crippen molar-refractivity contribution in [1.29, 1.82) is 0 Å². The summed E-state index contributed by atoms with van der Waals surface area (Å²) in [5, 5.41) is 12.6. The van der Waals surface area contributed by atoms with E-state index in [2.05, 4.69) is 19.2 Å². The van der Waals surface area contributed by atoms with Crippen LogP contribution in [0.2, 0.25) is 0 Å². The van der Waals surface area contributed by atoms with Crippen molar-refractivity contribution in [2.24, 2.45) is 11.8 Å². The number of hydrogen-bond acceptors (Lipinski definition) is 3. The predicted molar refractivity (Wildman–Crippen MR) is 69.7 cm³/mol. The quantitative estimate of drug-likeness (QED) is 0.851. The Labute approximate surface area is 106 Å². The molecule has 3 atom stereocenters. The normalized spacial score (nSPS) is 29.2. The van der Waals surface area contributed by atoms with Crippen LogP contribution < -0.4 is 5.32 Å². The fourth-order valence-corrected chi connectivity index (χ4v) is 3.86. The van der Waals surface area contributed by atoms with Gasteiger partial charge in [-0.05, 0) is 37.8 Å². The van der Waals surface area contributed by atoms with Crippen LogP contribution in [0, 0.1) is 18.8 Å². The van der Waals surface area contributed by atoms with Crippen molar-refractivity contribution in [3.05, 3.63) is 21.4 Å². The Bertz CT molecular complexity index is 427. The summed E-state index contributed by atoms with van der Waals surface area (Å²) >= 11 is 1.61. The molecule has 94 valence electrons. The Balaban J connectivity index is 2.22. The first-order valence-corrected chi connectivity index (χ1v) is 6.87. The summed E-state index contributed by atoms with van der Waals surface area (Å²) in [7, 11) is 0. The van der Waals surface area contributed by atoms with Crippen molar-refractivity contribution in [2.45, 2.75) is 33.2 Å². The Morgan fingerprint density at radius 1 is 1.53 bits per heavy atom. The Morgan fingerprint density at radius 2 is 2.24 bits per heavy atom. The van der Waals surface area contributed by atoms with E-state index in [0.29, 0.717) is 23.4 Å². The number of aromatic carboxylic acids is 1. The van der Waals surface area contributed by atoms with Gasteiger partial charge in [0.05, 0.1) is 5.56 Å². The second-order valence-corrected chi connectivity index (χ2v) is 6.42. The van der Waals surface area contributed by atoms with Gasteiger partial charge in [-0.2, -0.15) is 0 Å². The summed E-state index contributed by atoms with van der Waals surface area (Å²) in [6.45, 7) is 7.40. The Hall–Kier alpha value is -0.870. The molecule has 3 unspecified atom stereocenters. The molecular weight excluding hydrogens is 234 g/mol. The number of carboxylic acid groups (broad SMARTS) is 1. The monoisotopic (exact) mass is 253 g/mol. The van der Waals surface area contributed by atoms with Gasteiger partial charge >= 0.3 is 5.97 Å². The van der Waals surface area contributed by atoms with Crippen molar-refractivity contribution in [3.63, 3.8) is 0 Å². The van der Waals surface area contributed by atoms with E-state index in [-0.39, 0.29) is 0 Å². The molecule has 17 heavy (non-hydrogen) atoms. The van der Waals surface area contributed by atoms with Gasteiger partial charge in [0.2, 0.25) is 0 Å². The molecule has 1 aromatic heterocycles. The zero-order valence-electron chi connectivity index (χ0n) is 10.5. The number of nitrogens with one attached hydrogen (secondary N) is 1. The minimum Gasteiger partial charge on any atom is -0.478 e. The molecule has 0 aromatic carbocycles. The van der Waals surface area contributed by atoms with Crippen LogP contribution in [0.5, 0.6) is 0 Å². The fourth-order valence-electron chi connectivity index (χ4n) is 2.64. The van der Waals surface area contributed by atoms with Crippen LogP contribution in [0.25, 0.3) is 0 Å². The Kier molecular flexibility index (Phi) is 3.54. The summed E-state index contributed by atoms with van der Waals surface area (Å²) in [6, 6.07) is 2.16. The van der Waals surface area contributed by atoms with Gasteiger partial charge in [-0.25, -0.2) is 4.79 Å². The first kappa shape index (κ1) is 12.6. The molecule has 1 saturated heterocycles. The molecule has 2 heterocycles. The fraction of sp³-hybridized carbons (Fsp3) is 0.615. The largest absolute Gasteiger partial charge is 0.478 e. The van der Waals surface area contributed by atoms with Gasteiger partial charge in [0.1, 0.15) is 0 Å². The van der Waals surface area contributed by atoms with E-state index in [1.165, 1.54) is 11.3 Å². The van der Waals surface area contributed by atoms with Crippen LogP contribution in [0.1, 0.15) is 46.4 Å². The van der Waals surface area contributed by atoms with Crippen LogP contribution in [0.4, 0.5) is 0 Å². The van der Waals surface area contributed by atoms with Crippen molar-refractivity contribution in [3.8, 4) is 0 Å². The van der Waals surface area contributed by atoms with Crippen LogP contribution >= 0.6 is 11.3 Å². The third kappa shape index (κ3) is 2.53. The van der Waals surface area contributed by atoms with Crippen molar-refractivity contribution >= 4 is 17.3 Å². The first-order valence-electron chi connectivity index (χ1n) is 6.06. The average molecular weight is 253 g/mol. The molecule has 3 nitrogen and oxygen atoms in total. The third-order valence-electron chi connectivity index (χ3n) is 3.50. The highest BCUT2D eigenvalue weighted by Gasteiger charge is 2.28. The smallest absolute Gasteiger partial charge is 0.336 e. The molecule has 2 N–H and O–H groups in total. The summed E-state index contributed by atoms with van der Waals surface area (Å²) in [6.07, 6.45) is 1.21. The number of carbonyl (C=O) groups is 1. The van der Waals surface area contributed by atoms with Crippen molar-refractivity contribution < 1.29 is 9.90 Å². The average Bonchev–Trinajstić information content (AvgIpc) is 2.60. The topological polar surface area (TPSA) is 49.3 Å². The lowest BCUT2D eigenvalue weighted by Gasteiger charge is -2.33. The molecule has 1 aliphatic heterocycles. The van der Waals surface area contributed by atoms with Gasteiger partial charge < -0.3 is 10.4 Å². The van der Waals surface area contributed by atoms with Crippen LogP contribution in [-0.2, 0) is 0 Å². The van der Waals surface area contributed by atoms with E-state index in [1.54, 1.807) is 11.3 Å². The molecule has 0 saturated carbocycles. The molecular formula is C13H19NO2S. The number of hydrogen-bond donors (Lipinski definition) is 2. The van der Waals surface area contributed by atoms with Gasteiger partial charge in [0.15, 0.2) is 0 Å². The molecule has 0 radical (unpaired) electrons. The van der Waals surface area contributed by atoms with Gasteiger partial charge in [0.25, 0.3) is 0 Å². The molecule has 4 heteroatoms. The Morgan fingerprint density at radius 3 is 2.76 bits per heavy atom. The summed E-state index contributed by atoms with van der Waals surface area (Å²) in [4.78, 5) is 13.1. The van der Waals surface area contributed by atoms with Crippen LogP contribution in [0.15, 0.2) is 6.07 Å². The van der Waals surface area contributed by atoms with E-state index in [4.69, 9.17) is 5.11 Å². The van der Waals surface area contributed by atoms with Crippen LogP contribution in [-0.4, -0.2) is 17.6 Å². The summed E-state index contributed by atoms with van der Waals surface area (Å²) in [5.41, 5.74) is 0.456. The van der Waals surface area contributed by atoms with Gasteiger partial charge in [-0.15, -0.1) is 11.3 Å². The highest BCUT2D eigenvalue weighted by molar-refractivity contribution is 7.12. The van der Waals surface area contributed by atoms with Crippen LogP contribution in [0.3, 0.4) is 0 Å². The van der Waals surface area contributed by atoms with E-state index in [0.717, 1.165) is 11.4 Å². The maximum atomic E-state index is 11.0. The minimum absolute atomic E-state index is 0.322. The molecule has 0 spiro atoms. The highest BCUT2D eigenvalue weighted by atomic mass is 32.1. The van der Waals surface area contributed by atoms with Crippen molar-refractivity contribution in [1.82, 2.24) is 5.32 Å². The number of thiophene rings is 1. The molecule has 0 bridgehead atoms. The number of carboxylic acids is 1. The second kappa shape index (κ2) is 4.78. The second-order valence-electron chi connectivity index (χ2n) is 5.13. The van der Waals surface area contributed by atoms with Gasteiger partial charge in [-0.1, -0.05) is 13.8 Å². The third-order valence-corrected chi connectivity index (χ3v) is 4.64. The van der Waals surface area contributed by atoms with E-state index >= 15 is 0 Å². The number of aryl methyl sites for hydroxylation is 1. The zero-order valence-corrected chi connectivity index (χ0v) is 11.3. The SMILES string of the molecule is Cc1sc(C2NCC(C)CC2C)cc1C(=O)O. The first-order chi connectivity index (χ1) is 7.99. The van der Waals surface area contributed by atoms with E-state index < -0.39 is 5.97 Å². The standard InChI is InChI=1S/C13H19NO2S/c1-7-4-8(2)12(14-6-7)11-5-10(13(15)16)9(3)17-11/h5,7-8,12,14H,4,6H2,1-3H3,(H,15,16). The van der Waals surface area contributed by atoms with Gasteiger partial charge in [-0.3, -0.25) is 0 Å². The molecule has 2 rings (SSSR count). The number of rotatable bonds is 2. The maximum absolute atomic E-state index is 11.0. The molecule has 1 fully saturated rings. The molecule has 1 aliphatic rings. The molecule has 0 amide bonds. The van der Waals surface area contributed by atoms with Crippen molar-refractivity contribution in [2.75, 3.05) is 6.54 Å². The van der Waals surface area contributed by atoms with E-state index in [1.807, 2.05) is 13.0 Å². The predicted octanol–water partition coefficient (Wildman–Crippen LogP) is 3.06. The number of piperidine rings is 1. The van der Waals surface area contributed by atoms with E-state index in [9.17, 15) is 4.79 Å².